The lowest BCUT2D eigenvalue weighted by Crippen LogP contribution is -2.24. The molecule has 108 valence electrons. The summed E-state index contributed by atoms with van der Waals surface area (Å²) in [4.78, 5) is 16.1. The van der Waals surface area contributed by atoms with Gasteiger partial charge in [0.25, 0.3) is 5.56 Å². The van der Waals surface area contributed by atoms with Crippen molar-refractivity contribution in [2.45, 2.75) is 26.8 Å². The highest BCUT2D eigenvalue weighted by atomic mass is 16.5. The zero-order chi connectivity index (χ0) is 15.2. The van der Waals surface area contributed by atoms with Crippen LogP contribution in [0.25, 0.3) is 0 Å². The summed E-state index contributed by atoms with van der Waals surface area (Å²) in [7, 11) is 0. The lowest BCUT2D eigenvalue weighted by Gasteiger charge is -2.10. The molecule has 0 atom stereocenters. The third kappa shape index (κ3) is 3.93. The Bertz CT molecular complexity index is 712. The summed E-state index contributed by atoms with van der Waals surface area (Å²) in [6.45, 7) is 4.72. The van der Waals surface area contributed by atoms with Crippen molar-refractivity contribution in [2.75, 3.05) is 6.61 Å². The first-order valence-corrected chi connectivity index (χ1v) is 6.78. The molecule has 0 bridgehead atoms. The average molecular weight is 283 g/mol. The summed E-state index contributed by atoms with van der Waals surface area (Å²) >= 11 is 0. The second-order valence-corrected chi connectivity index (χ2v) is 4.77. The number of benzene rings is 1. The highest BCUT2D eigenvalue weighted by Gasteiger charge is 2.03. The molecular formula is C16H17N3O2. The largest absolute Gasteiger partial charge is 0.494 e. The average Bonchev–Trinajstić information content (AvgIpc) is 2.46. The van der Waals surface area contributed by atoms with E-state index in [4.69, 9.17) is 10.00 Å². The minimum atomic E-state index is -0.0293. The van der Waals surface area contributed by atoms with Crippen molar-refractivity contribution < 1.29 is 4.74 Å². The first kappa shape index (κ1) is 14.8. The lowest BCUT2D eigenvalue weighted by atomic mass is 10.2. The van der Waals surface area contributed by atoms with Crippen molar-refractivity contribution in [3.8, 4) is 11.8 Å². The highest BCUT2D eigenvalue weighted by Crippen LogP contribution is 2.11. The van der Waals surface area contributed by atoms with Crippen molar-refractivity contribution in [1.82, 2.24) is 9.55 Å². The van der Waals surface area contributed by atoms with E-state index in [1.165, 1.54) is 6.07 Å². The Balaban J connectivity index is 1.87. The molecule has 0 saturated carbocycles. The number of rotatable bonds is 5. The molecule has 0 amide bonds. The van der Waals surface area contributed by atoms with Gasteiger partial charge in [0.2, 0.25) is 0 Å². The lowest BCUT2D eigenvalue weighted by molar-refractivity contribution is 0.300. The van der Waals surface area contributed by atoms with Crippen LogP contribution in [0.3, 0.4) is 0 Å². The molecule has 2 rings (SSSR count). The number of nitrogens with zero attached hydrogens (tertiary/aromatic N) is 3. The predicted octanol–water partition coefficient (Wildman–Crippen LogP) is 2.20. The van der Waals surface area contributed by atoms with E-state index in [-0.39, 0.29) is 5.56 Å². The van der Waals surface area contributed by atoms with Gasteiger partial charge in [-0.15, -0.1) is 0 Å². The molecule has 0 unspecified atom stereocenters. The smallest absolute Gasteiger partial charge is 0.253 e. The molecule has 1 aromatic heterocycles. The van der Waals surface area contributed by atoms with Crippen LogP contribution in [0.1, 0.15) is 23.5 Å². The van der Waals surface area contributed by atoms with E-state index in [2.05, 4.69) is 11.1 Å². The molecule has 0 fully saturated rings. The Morgan fingerprint density at radius 1 is 1.29 bits per heavy atom. The van der Waals surface area contributed by atoms with Crippen LogP contribution in [0, 0.1) is 25.2 Å². The van der Waals surface area contributed by atoms with Gasteiger partial charge in [-0.2, -0.15) is 5.26 Å². The van der Waals surface area contributed by atoms with Crippen molar-refractivity contribution >= 4 is 0 Å². The molecule has 0 spiro atoms. The minimum absolute atomic E-state index is 0.0293. The number of ether oxygens (including phenoxy) is 1. The topological polar surface area (TPSA) is 67.9 Å². The van der Waals surface area contributed by atoms with Crippen molar-refractivity contribution in [2.24, 2.45) is 0 Å². The fourth-order valence-corrected chi connectivity index (χ4v) is 2.07. The van der Waals surface area contributed by atoms with Crippen LogP contribution in [-0.4, -0.2) is 16.2 Å². The quantitative estimate of drug-likeness (QED) is 0.789. The third-order valence-corrected chi connectivity index (χ3v) is 3.11. The summed E-state index contributed by atoms with van der Waals surface area (Å²) < 4.78 is 7.23. The van der Waals surface area contributed by atoms with Gasteiger partial charge in [0.1, 0.15) is 11.6 Å². The minimum Gasteiger partial charge on any atom is -0.494 e. The molecule has 0 aliphatic carbocycles. The summed E-state index contributed by atoms with van der Waals surface area (Å²) in [5, 5.41) is 8.71. The van der Waals surface area contributed by atoms with Gasteiger partial charge in [-0.25, -0.2) is 4.98 Å². The van der Waals surface area contributed by atoms with Crippen molar-refractivity contribution in [3.05, 3.63) is 57.8 Å². The van der Waals surface area contributed by atoms with Crippen LogP contribution in [0.2, 0.25) is 0 Å². The maximum absolute atomic E-state index is 11.8. The van der Waals surface area contributed by atoms with Crippen LogP contribution in [-0.2, 0) is 6.54 Å². The summed E-state index contributed by atoms with van der Waals surface area (Å²) in [6.07, 6.45) is 0.714. The number of hydrogen-bond donors (Lipinski definition) is 0. The molecule has 0 aliphatic heterocycles. The van der Waals surface area contributed by atoms with Gasteiger partial charge in [-0.05, 0) is 44.5 Å². The van der Waals surface area contributed by atoms with Crippen LogP contribution >= 0.6 is 0 Å². The van der Waals surface area contributed by atoms with Gasteiger partial charge in [0.05, 0.1) is 18.2 Å². The zero-order valence-electron chi connectivity index (χ0n) is 12.2. The Morgan fingerprint density at radius 2 is 2.00 bits per heavy atom. The second kappa shape index (κ2) is 6.71. The van der Waals surface area contributed by atoms with Crippen LogP contribution < -0.4 is 10.3 Å². The fraction of sp³-hybridized carbons (Fsp3) is 0.312. The second-order valence-electron chi connectivity index (χ2n) is 4.77. The first-order valence-electron chi connectivity index (χ1n) is 6.78. The van der Waals surface area contributed by atoms with E-state index < -0.39 is 0 Å². The molecule has 0 N–H and O–H groups in total. The molecule has 0 radical (unpaired) electrons. The van der Waals surface area contributed by atoms with E-state index in [0.29, 0.717) is 25.1 Å². The SMILES string of the molecule is Cc1cc(=O)n(CCCOc2ccc(C#N)cc2)c(C)n1. The van der Waals surface area contributed by atoms with Crippen LogP contribution in [0.4, 0.5) is 0 Å². The zero-order valence-corrected chi connectivity index (χ0v) is 12.2. The fourth-order valence-electron chi connectivity index (χ4n) is 2.07. The molecule has 2 aromatic rings. The van der Waals surface area contributed by atoms with Gasteiger partial charge < -0.3 is 4.74 Å². The normalized spacial score (nSPS) is 10.1. The maximum atomic E-state index is 11.8. The van der Waals surface area contributed by atoms with Gasteiger partial charge in [0.15, 0.2) is 0 Å². The standard InChI is InChI=1S/C16H17N3O2/c1-12-10-16(20)19(13(2)18-12)8-3-9-21-15-6-4-14(11-17)5-7-15/h4-7,10H,3,8-9H2,1-2H3. The van der Waals surface area contributed by atoms with Crippen LogP contribution in [0.5, 0.6) is 5.75 Å². The number of aryl methyl sites for hydroxylation is 2. The molecule has 1 heterocycles. The van der Waals surface area contributed by atoms with Gasteiger partial charge in [0, 0.05) is 18.3 Å². The predicted molar refractivity (Wildman–Crippen MR) is 79.2 cm³/mol. The van der Waals surface area contributed by atoms with Crippen molar-refractivity contribution in [3.63, 3.8) is 0 Å². The number of hydrogen-bond acceptors (Lipinski definition) is 4. The van der Waals surface area contributed by atoms with E-state index >= 15 is 0 Å². The maximum Gasteiger partial charge on any atom is 0.253 e. The third-order valence-electron chi connectivity index (χ3n) is 3.11. The Labute approximate surface area is 123 Å². The summed E-state index contributed by atoms with van der Waals surface area (Å²) in [5.41, 5.74) is 1.32. The molecule has 5 heteroatoms. The Kier molecular flexibility index (Phi) is 4.72. The highest BCUT2D eigenvalue weighted by molar-refractivity contribution is 5.34. The molecular weight excluding hydrogens is 266 g/mol. The summed E-state index contributed by atoms with van der Waals surface area (Å²) in [6, 6.07) is 10.6. The number of nitriles is 1. The van der Waals surface area contributed by atoms with E-state index in [1.54, 1.807) is 28.8 Å². The Hall–Kier alpha value is -2.61. The van der Waals surface area contributed by atoms with E-state index in [0.717, 1.165) is 17.3 Å². The molecule has 21 heavy (non-hydrogen) atoms. The molecule has 0 saturated heterocycles. The Morgan fingerprint density at radius 3 is 2.62 bits per heavy atom. The van der Waals surface area contributed by atoms with Gasteiger partial charge in [-0.1, -0.05) is 0 Å². The first-order chi connectivity index (χ1) is 10.1. The number of aromatic nitrogens is 2. The van der Waals surface area contributed by atoms with E-state index in [1.807, 2.05) is 13.8 Å². The summed E-state index contributed by atoms with van der Waals surface area (Å²) in [5.74, 6) is 1.44. The van der Waals surface area contributed by atoms with Crippen molar-refractivity contribution in [1.29, 1.82) is 5.26 Å². The van der Waals surface area contributed by atoms with Gasteiger partial charge in [-0.3, -0.25) is 9.36 Å². The van der Waals surface area contributed by atoms with Gasteiger partial charge >= 0.3 is 0 Å². The molecule has 0 aliphatic rings. The van der Waals surface area contributed by atoms with E-state index in [9.17, 15) is 4.79 Å². The van der Waals surface area contributed by atoms with Crippen LogP contribution in [0.15, 0.2) is 35.1 Å². The monoisotopic (exact) mass is 283 g/mol. The molecule has 5 nitrogen and oxygen atoms in total. The molecule has 1 aromatic carbocycles.